The van der Waals surface area contributed by atoms with Crippen LogP contribution in [-0.4, -0.2) is 82.3 Å². The van der Waals surface area contributed by atoms with E-state index in [0.29, 0.717) is 19.4 Å². The third-order valence-corrected chi connectivity index (χ3v) is 4.45. The van der Waals surface area contributed by atoms with E-state index in [1.54, 1.807) is 13.8 Å². The fourth-order valence-corrected chi connectivity index (χ4v) is 2.75. The number of aliphatic carboxylic acids is 2. The monoisotopic (exact) mass is 461 g/mol. The zero-order valence-corrected chi connectivity index (χ0v) is 18.4. The van der Waals surface area contributed by atoms with Crippen LogP contribution in [0.25, 0.3) is 0 Å². The summed E-state index contributed by atoms with van der Waals surface area (Å²) in [5.74, 6) is -5.16. The minimum atomic E-state index is -1.46. The van der Waals surface area contributed by atoms with Crippen LogP contribution in [0.15, 0.2) is 0 Å². The molecule has 0 heterocycles. The largest absolute Gasteiger partial charge is 0.481 e. The Morgan fingerprint density at radius 3 is 1.84 bits per heavy atom. The van der Waals surface area contributed by atoms with Gasteiger partial charge in [-0.1, -0.05) is 13.8 Å². The summed E-state index contributed by atoms with van der Waals surface area (Å²) in [4.78, 5) is 59.3. The topological polar surface area (TPSA) is 234 Å². The Morgan fingerprint density at radius 1 is 0.844 bits per heavy atom. The van der Waals surface area contributed by atoms with Crippen LogP contribution in [-0.2, 0) is 24.0 Å². The second kappa shape index (κ2) is 15.1. The van der Waals surface area contributed by atoms with E-state index in [0.717, 1.165) is 0 Å². The SMILES string of the molecule is CC(C)CC(NC(=O)C(CO)NC(=O)C(CCCCN)NC(=O)C(N)CC(=O)O)C(=O)O. The summed E-state index contributed by atoms with van der Waals surface area (Å²) in [6.45, 7) is 3.08. The van der Waals surface area contributed by atoms with Crippen molar-refractivity contribution < 1.29 is 39.3 Å². The Labute approximate surface area is 186 Å². The zero-order valence-electron chi connectivity index (χ0n) is 18.4. The van der Waals surface area contributed by atoms with Crippen molar-refractivity contribution in [2.75, 3.05) is 13.2 Å². The fraction of sp³-hybridized carbons (Fsp3) is 0.737. The second-order valence-corrected chi connectivity index (χ2v) is 7.82. The molecule has 0 aliphatic carbocycles. The fourth-order valence-electron chi connectivity index (χ4n) is 2.75. The van der Waals surface area contributed by atoms with Crippen molar-refractivity contribution in [2.24, 2.45) is 17.4 Å². The summed E-state index contributed by atoms with van der Waals surface area (Å²) < 4.78 is 0. The molecule has 0 aromatic rings. The van der Waals surface area contributed by atoms with Crippen LogP contribution < -0.4 is 27.4 Å². The summed E-state index contributed by atoms with van der Waals surface area (Å²) in [6.07, 6.45) is 0.609. The van der Waals surface area contributed by atoms with Gasteiger partial charge in [-0.2, -0.15) is 0 Å². The molecule has 0 bridgehead atoms. The Hall–Kier alpha value is -2.77. The van der Waals surface area contributed by atoms with Crippen molar-refractivity contribution in [3.8, 4) is 0 Å². The van der Waals surface area contributed by atoms with E-state index in [4.69, 9.17) is 16.6 Å². The number of carboxylic acid groups (broad SMARTS) is 2. The van der Waals surface area contributed by atoms with Crippen molar-refractivity contribution in [3.63, 3.8) is 0 Å². The number of carboxylic acids is 2. The minimum Gasteiger partial charge on any atom is -0.481 e. The number of nitrogens with one attached hydrogen (secondary N) is 3. The smallest absolute Gasteiger partial charge is 0.326 e. The molecule has 0 spiro atoms. The normalized spacial score (nSPS) is 14.7. The van der Waals surface area contributed by atoms with Crippen molar-refractivity contribution in [1.29, 1.82) is 0 Å². The number of amides is 3. The highest BCUT2D eigenvalue weighted by Crippen LogP contribution is 2.06. The molecule has 184 valence electrons. The number of aliphatic hydroxyl groups is 1. The second-order valence-electron chi connectivity index (χ2n) is 7.82. The lowest BCUT2D eigenvalue weighted by Gasteiger charge is -2.24. The minimum absolute atomic E-state index is 0.0317. The molecule has 0 rings (SSSR count). The lowest BCUT2D eigenvalue weighted by atomic mass is 10.0. The van der Waals surface area contributed by atoms with Crippen LogP contribution in [0.1, 0.15) is 46.0 Å². The van der Waals surface area contributed by atoms with Gasteiger partial charge in [0.1, 0.15) is 18.1 Å². The number of carbonyl (C=O) groups is 5. The predicted octanol–water partition coefficient (Wildman–Crippen LogP) is -2.51. The number of unbranched alkanes of at least 4 members (excludes halogenated alkanes) is 1. The van der Waals surface area contributed by atoms with Crippen LogP contribution in [0.4, 0.5) is 0 Å². The Kier molecular flexibility index (Phi) is 13.8. The van der Waals surface area contributed by atoms with Gasteiger partial charge in [-0.15, -0.1) is 0 Å². The molecule has 4 unspecified atom stereocenters. The van der Waals surface area contributed by atoms with Crippen LogP contribution in [0, 0.1) is 5.92 Å². The predicted molar refractivity (Wildman–Crippen MR) is 113 cm³/mol. The van der Waals surface area contributed by atoms with Gasteiger partial charge in [0.05, 0.1) is 19.1 Å². The molecule has 0 aliphatic heterocycles. The molecule has 13 heteroatoms. The molecule has 0 saturated heterocycles. The number of rotatable bonds is 16. The number of hydrogen-bond donors (Lipinski definition) is 8. The molecule has 0 aromatic heterocycles. The molecular formula is C19H35N5O8. The van der Waals surface area contributed by atoms with Crippen LogP contribution in [0.5, 0.6) is 0 Å². The van der Waals surface area contributed by atoms with Gasteiger partial charge in [0, 0.05) is 0 Å². The maximum absolute atomic E-state index is 12.7. The first-order chi connectivity index (χ1) is 14.9. The third kappa shape index (κ3) is 11.6. The molecule has 4 atom stereocenters. The quantitative estimate of drug-likeness (QED) is 0.112. The van der Waals surface area contributed by atoms with Crippen LogP contribution in [0.2, 0.25) is 0 Å². The van der Waals surface area contributed by atoms with Crippen LogP contribution >= 0.6 is 0 Å². The van der Waals surface area contributed by atoms with Crippen molar-refractivity contribution in [2.45, 2.75) is 70.1 Å². The number of carbonyl (C=O) groups excluding carboxylic acids is 3. The van der Waals surface area contributed by atoms with Crippen molar-refractivity contribution in [1.82, 2.24) is 16.0 Å². The van der Waals surface area contributed by atoms with Crippen LogP contribution in [0.3, 0.4) is 0 Å². The Morgan fingerprint density at radius 2 is 1.38 bits per heavy atom. The van der Waals surface area contributed by atoms with E-state index in [9.17, 15) is 34.2 Å². The lowest BCUT2D eigenvalue weighted by Crippen LogP contribution is -2.58. The highest BCUT2D eigenvalue weighted by atomic mass is 16.4. The summed E-state index contributed by atoms with van der Waals surface area (Å²) in [5.41, 5.74) is 11.0. The molecule has 0 radical (unpaired) electrons. The molecule has 0 aliphatic rings. The highest BCUT2D eigenvalue weighted by molar-refractivity contribution is 5.94. The summed E-state index contributed by atoms with van der Waals surface area (Å²) in [6, 6.07) is -5.22. The summed E-state index contributed by atoms with van der Waals surface area (Å²) in [5, 5.41) is 34.4. The van der Waals surface area contributed by atoms with Gasteiger partial charge >= 0.3 is 11.9 Å². The number of hydrogen-bond acceptors (Lipinski definition) is 8. The maximum atomic E-state index is 12.7. The van der Waals surface area contributed by atoms with Crippen molar-refractivity contribution in [3.05, 3.63) is 0 Å². The molecule has 3 amide bonds. The van der Waals surface area contributed by atoms with Gasteiger partial charge in [0.25, 0.3) is 0 Å². The molecule has 0 aromatic carbocycles. The average molecular weight is 462 g/mol. The number of aliphatic hydroxyl groups excluding tert-OH is 1. The maximum Gasteiger partial charge on any atom is 0.326 e. The molecule has 32 heavy (non-hydrogen) atoms. The Bertz CT molecular complexity index is 658. The summed E-state index contributed by atoms with van der Waals surface area (Å²) >= 11 is 0. The Balaban J connectivity index is 5.25. The molecule has 0 fully saturated rings. The van der Waals surface area contributed by atoms with Gasteiger partial charge in [-0.3, -0.25) is 19.2 Å². The number of nitrogens with two attached hydrogens (primary N) is 2. The first-order valence-corrected chi connectivity index (χ1v) is 10.3. The van der Waals surface area contributed by atoms with E-state index < -0.39 is 66.9 Å². The molecule has 13 nitrogen and oxygen atoms in total. The first-order valence-electron chi connectivity index (χ1n) is 10.3. The van der Waals surface area contributed by atoms with Gasteiger partial charge < -0.3 is 42.7 Å². The lowest BCUT2D eigenvalue weighted by molar-refractivity contribution is -0.143. The van der Waals surface area contributed by atoms with E-state index in [2.05, 4.69) is 16.0 Å². The summed E-state index contributed by atoms with van der Waals surface area (Å²) in [7, 11) is 0. The molecule has 10 N–H and O–H groups in total. The van der Waals surface area contributed by atoms with Gasteiger partial charge in [0.2, 0.25) is 17.7 Å². The standard InChI is InChI=1S/C19H35N5O8/c1-10(2)7-13(19(31)32)23-18(30)14(9-25)24-17(29)12(5-3-4-6-20)22-16(28)11(21)8-15(26)27/h10-14,25H,3-9,20-21H2,1-2H3,(H,22,28)(H,23,30)(H,24,29)(H,26,27)(H,31,32). The van der Waals surface area contributed by atoms with Gasteiger partial charge in [0.15, 0.2) is 0 Å². The zero-order chi connectivity index (χ0) is 24.8. The van der Waals surface area contributed by atoms with E-state index >= 15 is 0 Å². The van der Waals surface area contributed by atoms with Gasteiger partial charge in [-0.25, -0.2) is 4.79 Å². The van der Waals surface area contributed by atoms with Gasteiger partial charge in [-0.05, 0) is 38.1 Å². The van der Waals surface area contributed by atoms with E-state index in [1.807, 2.05) is 0 Å². The third-order valence-electron chi connectivity index (χ3n) is 4.45. The van der Waals surface area contributed by atoms with E-state index in [1.165, 1.54) is 0 Å². The van der Waals surface area contributed by atoms with Crippen molar-refractivity contribution >= 4 is 29.7 Å². The highest BCUT2D eigenvalue weighted by Gasteiger charge is 2.30. The average Bonchev–Trinajstić information content (AvgIpc) is 2.69. The molecule has 0 saturated carbocycles. The molecular weight excluding hydrogens is 426 g/mol. The van der Waals surface area contributed by atoms with E-state index in [-0.39, 0.29) is 18.8 Å². The first kappa shape index (κ1) is 29.2.